The van der Waals surface area contributed by atoms with Crippen molar-refractivity contribution in [3.05, 3.63) is 39.9 Å². The molecule has 6 heteroatoms. The fraction of sp³-hybridized carbons (Fsp3) is 0.667. The number of hydrogen-bond donors (Lipinski definition) is 0. The van der Waals surface area contributed by atoms with Gasteiger partial charge in [-0.1, -0.05) is 18.2 Å². The second kappa shape index (κ2) is 7.59. The Balaban J connectivity index is 1.55. The predicted molar refractivity (Wildman–Crippen MR) is 93.0 cm³/mol. The minimum Gasteiger partial charge on any atom is -0.373 e. The second-order valence-electron chi connectivity index (χ2n) is 7.10. The Bertz CT molecular complexity index is 562. The Morgan fingerprint density at radius 2 is 1.79 bits per heavy atom. The first-order valence-corrected chi connectivity index (χ1v) is 8.87. The van der Waals surface area contributed by atoms with E-state index < -0.39 is 0 Å². The number of nitro benzene ring substituents is 1. The van der Waals surface area contributed by atoms with Crippen molar-refractivity contribution in [3.63, 3.8) is 0 Å². The summed E-state index contributed by atoms with van der Waals surface area (Å²) >= 11 is 0. The van der Waals surface area contributed by atoms with Gasteiger partial charge in [0.25, 0.3) is 5.69 Å². The van der Waals surface area contributed by atoms with E-state index in [0.717, 1.165) is 44.6 Å². The van der Waals surface area contributed by atoms with Gasteiger partial charge >= 0.3 is 0 Å². The molecule has 1 aromatic carbocycles. The van der Waals surface area contributed by atoms with Gasteiger partial charge in [-0.15, -0.1) is 0 Å². The molecule has 1 aromatic rings. The molecule has 6 nitrogen and oxygen atoms in total. The molecule has 0 unspecified atom stereocenters. The van der Waals surface area contributed by atoms with Crippen molar-refractivity contribution in [2.45, 2.75) is 51.5 Å². The van der Waals surface area contributed by atoms with E-state index in [-0.39, 0.29) is 10.6 Å². The number of nitrogens with zero attached hydrogens (tertiary/aromatic N) is 3. The molecule has 0 saturated carbocycles. The van der Waals surface area contributed by atoms with E-state index in [1.165, 1.54) is 0 Å². The highest BCUT2D eigenvalue weighted by Crippen LogP contribution is 2.24. The standard InChI is InChI=1S/C18H27N3O3/c1-14-11-20(12-15(2)24-14)17-7-9-19(10-8-17)13-16-5-3-4-6-18(16)21(22)23/h3-6,14-15,17H,7-13H2,1-2H3/t14-,15-/m1/s1. The Morgan fingerprint density at radius 3 is 2.42 bits per heavy atom. The summed E-state index contributed by atoms with van der Waals surface area (Å²) in [5, 5.41) is 11.2. The summed E-state index contributed by atoms with van der Waals surface area (Å²) in [4.78, 5) is 15.8. The number of morpholine rings is 1. The quantitative estimate of drug-likeness (QED) is 0.626. The zero-order valence-electron chi connectivity index (χ0n) is 14.6. The lowest BCUT2D eigenvalue weighted by Crippen LogP contribution is -2.53. The van der Waals surface area contributed by atoms with Crippen LogP contribution in [0.4, 0.5) is 5.69 Å². The highest BCUT2D eigenvalue weighted by atomic mass is 16.6. The first-order chi connectivity index (χ1) is 11.5. The molecule has 0 radical (unpaired) electrons. The number of likely N-dealkylation sites (tertiary alicyclic amines) is 1. The maximum absolute atomic E-state index is 11.2. The number of para-hydroxylation sites is 1. The van der Waals surface area contributed by atoms with Gasteiger partial charge in [-0.25, -0.2) is 0 Å². The minimum absolute atomic E-state index is 0.232. The summed E-state index contributed by atoms with van der Waals surface area (Å²) in [5.74, 6) is 0. The Labute approximate surface area is 143 Å². The van der Waals surface area contributed by atoms with Crippen molar-refractivity contribution >= 4 is 5.69 Å². The van der Waals surface area contributed by atoms with Gasteiger partial charge in [-0.05, 0) is 39.8 Å². The first-order valence-electron chi connectivity index (χ1n) is 8.87. The van der Waals surface area contributed by atoms with Crippen molar-refractivity contribution in [1.29, 1.82) is 0 Å². The lowest BCUT2D eigenvalue weighted by Gasteiger charge is -2.43. The molecule has 132 valence electrons. The van der Waals surface area contributed by atoms with Crippen LogP contribution in [0.2, 0.25) is 0 Å². The lowest BCUT2D eigenvalue weighted by atomic mass is 10.0. The zero-order chi connectivity index (χ0) is 17.1. The minimum atomic E-state index is -0.279. The van der Waals surface area contributed by atoms with E-state index in [4.69, 9.17) is 4.74 Å². The van der Waals surface area contributed by atoms with Crippen molar-refractivity contribution in [1.82, 2.24) is 9.80 Å². The van der Waals surface area contributed by atoms with E-state index in [9.17, 15) is 10.1 Å². The van der Waals surface area contributed by atoms with Crippen molar-refractivity contribution < 1.29 is 9.66 Å². The zero-order valence-corrected chi connectivity index (χ0v) is 14.6. The number of benzene rings is 1. The summed E-state index contributed by atoms with van der Waals surface area (Å²) in [7, 11) is 0. The molecular weight excluding hydrogens is 306 g/mol. The SMILES string of the molecule is C[C@@H]1CN(C2CCN(Cc3ccccc3[N+](=O)[O-])CC2)C[C@@H](C)O1. The molecule has 2 atom stereocenters. The summed E-state index contributed by atoms with van der Waals surface area (Å²) in [6.45, 7) is 8.98. The monoisotopic (exact) mass is 333 g/mol. The average molecular weight is 333 g/mol. The second-order valence-corrected chi connectivity index (χ2v) is 7.10. The smallest absolute Gasteiger partial charge is 0.273 e. The predicted octanol–water partition coefficient (Wildman–Crippen LogP) is 2.67. The first kappa shape index (κ1) is 17.3. The number of rotatable bonds is 4. The maximum Gasteiger partial charge on any atom is 0.273 e. The Hall–Kier alpha value is -1.50. The number of hydrogen-bond acceptors (Lipinski definition) is 5. The third-order valence-electron chi connectivity index (χ3n) is 5.10. The van der Waals surface area contributed by atoms with Crippen LogP contribution in [0.5, 0.6) is 0 Å². The fourth-order valence-corrected chi connectivity index (χ4v) is 4.02. The molecule has 2 aliphatic heterocycles. The maximum atomic E-state index is 11.2. The van der Waals surface area contributed by atoms with Crippen LogP contribution >= 0.6 is 0 Å². The largest absolute Gasteiger partial charge is 0.373 e. The molecule has 2 heterocycles. The van der Waals surface area contributed by atoms with Gasteiger partial charge in [0.1, 0.15) is 0 Å². The summed E-state index contributed by atoms with van der Waals surface area (Å²) in [6, 6.07) is 7.69. The van der Waals surface area contributed by atoms with Crippen molar-refractivity contribution in [2.24, 2.45) is 0 Å². The molecule has 0 amide bonds. The number of nitro groups is 1. The van der Waals surface area contributed by atoms with Crippen LogP contribution in [0.3, 0.4) is 0 Å². The highest BCUT2D eigenvalue weighted by Gasteiger charge is 2.30. The summed E-state index contributed by atoms with van der Waals surface area (Å²) in [5.41, 5.74) is 1.05. The molecule has 24 heavy (non-hydrogen) atoms. The third-order valence-corrected chi connectivity index (χ3v) is 5.10. The van der Waals surface area contributed by atoms with Gasteiger partial charge in [-0.2, -0.15) is 0 Å². The van der Waals surface area contributed by atoms with Crippen LogP contribution in [0, 0.1) is 10.1 Å². The van der Waals surface area contributed by atoms with E-state index in [0.29, 0.717) is 24.8 Å². The molecule has 0 N–H and O–H groups in total. The molecule has 0 aromatic heterocycles. The van der Waals surface area contributed by atoms with Crippen LogP contribution < -0.4 is 0 Å². The molecule has 0 spiro atoms. The highest BCUT2D eigenvalue weighted by molar-refractivity contribution is 5.39. The van der Waals surface area contributed by atoms with Crippen LogP contribution in [-0.4, -0.2) is 59.2 Å². The molecular formula is C18H27N3O3. The van der Waals surface area contributed by atoms with Gasteiger partial charge in [0.05, 0.1) is 17.1 Å². The number of piperidine rings is 1. The van der Waals surface area contributed by atoms with E-state index in [1.54, 1.807) is 12.1 Å². The molecule has 2 fully saturated rings. The van der Waals surface area contributed by atoms with Gasteiger partial charge in [0.15, 0.2) is 0 Å². The van der Waals surface area contributed by atoms with E-state index in [1.807, 2.05) is 12.1 Å². The molecule has 0 bridgehead atoms. The van der Waals surface area contributed by atoms with Gasteiger partial charge < -0.3 is 4.74 Å². The Morgan fingerprint density at radius 1 is 1.17 bits per heavy atom. The topological polar surface area (TPSA) is 58.9 Å². The van der Waals surface area contributed by atoms with Crippen molar-refractivity contribution in [2.75, 3.05) is 26.2 Å². The van der Waals surface area contributed by atoms with Crippen LogP contribution in [0.25, 0.3) is 0 Å². The Kier molecular flexibility index (Phi) is 5.48. The van der Waals surface area contributed by atoms with Gasteiger partial charge in [0, 0.05) is 37.3 Å². The average Bonchev–Trinajstić information content (AvgIpc) is 2.55. The lowest BCUT2D eigenvalue weighted by molar-refractivity contribution is -0.385. The third kappa shape index (κ3) is 4.12. The van der Waals surface area contributed by atoms with E-state index >= 15 is 0 Å². The fourth-order valence-electron chi connectivity index (χ4n) is 4.02. The van der Waals surface area contributed by atoms with Gasteiger partial charge in [-0.3, -0.25) is 19.9 Å². The molecule has 0 aliphatic carbocycles. The van der Waals surface area contributed by atoms with Crippen LogP contribution in [0.1, 0.15) is 32.3 Å². The van der Waals surface area contributed by atoms with Crippen LogP contribution in [-0.2, 0) is 11.3 Å². The van der Waals surface area contributed by atoms with E-state index in [2.05, 4.69) is 23.6 Å². The van der Waals surface area contributed by atoms with Crippen molar-refractivity contribution in [3.8, 4) is 0 Å². The number of ether oxygens (including phenoxy) is 1. The molecule has 3 rings (SSSR count). The normalized spacial score (nSPS) is 27.2. The summed E-state index contributed by atoms with van der Waals surface area (Å²) in [6.07, 6.45) is 2.86. The summed E-state index contributed by atoms with van der Waals surface area (Å²) < 4.78 is 5.83. The molecule has 2 saturated heterocycles. The van der Waals surface area contributed by atoms with Gasteiger partial charge in [0.2, 0.25) is 0 Å². The molecule has 2 aliphatic rings. The van der Waals surface area contributed by atoms with Crippen LogP contribution in [0.15, 0.2) is 24.3 Å².